The highest BCUT2D eigenvalue weighted by Crippen LogP contribution is 2.23. The zero-order chi connectivity index (χ0) is 71.6. The van der Waals surface area contributed by atoms with Gasteiger partial charge in [0.15, 0.2) is 5.96 Å². The van der Waals surface area contributed by atoms with E-state index in [1.54, 1.807) is 19.2 Å². The summed E-state index contributed by atoms with van der Waals surface area (Å²) in [5.74, 6) is -7.26. The van der Waals surface area contributed by atoms with Crippen LogP contribution in [-0.4, -0.2) is 189 Å². The first-order valence-corrected chi connectivity index (χ1v) is 35.3. The topological polar surface area (TPSA) is 444 Å². The molecule has 0 radical (unpaired) electrons. The minimum atomic E-state index is -1.76. The highest BCUT2D eigenvalue weighted by molar-refractivity contribution is 5.99. The predicted octanol–water partition coefficient (Wildman–Crippen LogP) is 1.81. The Morgan fingerprint density at radius 3 is 1.87 bits per heavy atom. The van der Waals surface area contributed by atoms with Crippen LogP contribution in [-0.2, 0) is 67.2 Å². The standard InChI is InChI=1S/C70H107N17O12/c1-5-7-8-9-10-11-12-13-14-17-32-73-33-18-23-51(61(91)82-54(36-44(3)4)63(93)81-53(24-19-34-76-70(71)72)69(99)87-35-20-25-59(87)68(98)75-6-2)80-64(94)55(37-45-26-28-48(89)29-27-45)83-67(97)58(42-88)86-65(95)56(38-46-40-77-50-22-16-15-21-49(46)50)84-66(96)57(39-47-41-74-43-78-47)85-62(92)52-30-31-60(90)79-52/h15-16,21-22,26-29,40-41,43-44,51-59,73,77,88-89H,5-14,17-20,23-25,30-39,42H2,1-4H3,(H,74,78)(H,75,98)(H,79,90)(H,80,94)(H,81,93)(H,82,91)(H,83,97)(H,84,96)(H,85,92)(H,86,95)(H4,71,72,76)/t51-,52+,53+,54+,55+,56+,57+,58+,59+/m1/s1. The van der Waals surface area contributed by atoms with Crippen molar-refractivity contribution in [3.8, 4) is 5.75 Å². The monoisotopic (exact) mass is 1380 g/mol. The van der Waals surface area contributed by atoms with Crippen molar-refractivity contribution in [1.82, 2.24) is 73.0 Å². The number of nitrogens with one attached hydrogen (secondary N) is 12. The molecule has 10 amide bonds. The number of benzene rings is 2. The highest BCUT2D eigenvalue weighted by Gasteiger charge is 2.40. The van der Waals surface area contributed by atoms with Crippen LogP contribution in [0.3, 0.4) is 0 Å². The van der Waals surface area contributed by atoms with Gasteiger partial charge in [-0.05, 0) is 113 Å². The quantitative estimate of drug-likeness (QED) is 0.0170. The summed E-state index contributed by atoms with van der Waals surface area (Å²) in [7, 11) is 0. The third-order valence-corrected chi connectivity index (χ3v) is 17.8. The molecule has 0 spiro atoms. The number of unbranched alkanes of at least 4 members (excludes halogenated alkanes) is 9. The van der Waals surface area contributed by atoms with Crippen molar-refractivity contribution in [1.29, 1.82) is 0 Å². The first kappa shape index (κ1) is 78.9. The lowest BCUT2D eigenvalue weighted by Crippen LogP contribution is -2.61. The number of hydrogen-bond donors (Lipinski definition) is 16. The number of amides is 10. The van der Waals surface area contributed by atoms with Crippen LogP contribution < -0.4 is 64.6 Å². The van der Waals surface area contributed by atoms with Crippen LogP contribution in [0.5, 0.6) is 5.75 Å². The van der Waals surface area contributed by atoms with E-state index >= 15 is 4.79 Å². The van der Waals surface area contributed by atoms with E-state index in [0.29, 0.717) is 54.6 Å². The maximum absolute atomic E-state index is 15.0. The average Bonchev–Trinajstić information content (AvgIpc) is 1.92. The van der Waals surface area contributed by atoms with Crippen LogP contribution in [0.4, 0.5) is 0 Å². The van der Waals surface area contributed by atoms with E-state index in [9.17, 15) is 53.4 Å². The van der Waals surface area contributed by atoms with Crippen LogP contribution in [0.25, 0.3) is 10.9 Å². The molecule has 18 N–H and O–H groups in total. The molecule has 29 nitrogen and oxygen atoms in total. The lowest BCUT2D eigenvalue weighted by atomic mass is 10.00. The smallest absolute Gasteiger partial charge is 0.245 e. The molecule has 2 aliphatic rings. The Balaban J connectivity index is 1.24. The minimum absolute atomic E-state index is 0.0446. The second-order valence-corrected chi connectivity index (χ2v) is 26.2. The second-order valence-electron chi connectivity index (χ2n) is 26.2. The van der Waals surface area contributed by atoms with Crippen LogP contribution >= 0.6 is 0 Å². The van der Waals surface area contributed by atoms with Gasteiger partial charge in [-0.3, -0.25) is 52.9 Å². The third kappa shape index (κ3) is 26.6. The van der Waals surface area contributed by atoms with Gasteiger partial charge in [-0.2, -0.15) is 0 Å². The number of aliphatic hydroxyl groups excluding tert-OH is 1. The number of hydrogen-bond acceptors (Lipinski definition) is 15. The number of carbonyl (C=O) groups is 10. The van der Waals surface area contributed by atoms with Gasteiger partial charge < -0.3 is 89.7 Å². The molecular formula is C70H107N17O12. The number of carbonyl (C=O) groups excluding carboxylic acids is 10. The average molecular weight is 1380 g/mol. The van der Waals surface area contributed by atoms with Gasteiger partial charge >= 0.3 is 0 Å². The summed E-state index contributed by atoms with van der Waals surface area (Å²) >= 11 is 0. The molecule has 99 heavy (non-hydrogen) atoms. The molecule has 29 heteroatoms. The fourth-order valence-electron chi connectivity index (χ4n) is 12.4. The van der Waals surface area contributed by atoms with Crippen molar-refractivity contribution in [2.24, 2.45) is 22.4 Å². The number of nitrogens with zero attached hydrogens (tertiary/aromatic N) is 3. The van der Waals surface area contributed by atoms with E-state index in [-0.39, 0.29) is 100 Å². The Morgan fingerprint density at radius 2 is 1.23 bits per heavy atom. The number of aliphatic imine (C=N–C) groups is 1. The lowest BCUT2D eigenvalue weighted by molar-refractivity contribution is -0.142. The largest absolute Gasteiger partial charge is 0.508 e. The van der Waals surface area contributed by atoms with E-state index in [4.69, 9.17) is 11.5 Å². The van der Waals surface area contributed by atoms with Gasteiger partial charge in [0, 0.05) is 74.3 Å². The normalized spacial score (nSPS) is 16.5. The Morgan fingerprint density at radius 1 is 0.646 bits per heavy atom. The first-order chi connectivity index (χ1) is 47.7. The van der Waals surface area contributed by atoms with Gasteiger partial charge in [0.05, 0.1) is 12.9 Å². The molecule has 2 aromatic carbocycles. The molecule has 2 saturated heterocycles. The number of phenolic OH excluding ortho intramolecular Hbond substituents is 1. The Kier molecular flexibility index (Phi) is 33.4. The molecule has 2 fully saturated rings. The number of aromatic nitrogens is 3. The molecule has 2 aliphatic heterocycles. The molecule has 9 atom stereocenters. The Hall–Kier alpha value is -9.12. The van der Waals surface area contributed by atoms with Gasteiger partial charge in [-0.1, -0.05) is 109 Å². The number of rotatable bonds is 45. The molecule has 2 aromatic heterocycles. The van der Waals surface area contributed by atoms with Gasteiger partial charge in [0.25, 0.3) is 0 Å². The van der Waals surface area contributed by atoms with Crippen LogP contribution in [0, 0.1) is 5.92 Å². The third-order valence-electron chi connectivity index (χ3n) is 17.8. The van der Waals surface area contributed by atoms with Crippen LogP contribution in [0.2, 0.25) is 0 Å². The summed E-state index contributed by atoms with van der Waals surface area (Å²) in [6.45, 7) is 8.64. The molecule has 0 bridgehead atoms. The number of aromatic hydroxyl groups is 1. The summed E-state index contributed by atoms with van der Waals surface area (Å²) in [6.07, 6.45) is 17.9. The van der Waals surface area contributed by atoms with E-state index in [0.717, 1.165) is 31.3 Å². The van der Waals surface area contributed by atoms with E-state index in [1.807, 2.05) is 32.0 Å². The van der Waals surface area contributed by atoms with Crippen LogP contribution in [0.1, 0.15) is 167 Å². The molecule has 0 saturated carbocycles. The Bertz CT molecular complexity index is 3270. The number of guanidine groups is 1. The summed E-state index contributed by atoms with van der Waals surface area (Å²) in [5.41, 5.74) is 13.4. The zero-order valence-electron chi connectivity index (χ0n) is 57.9. The number of fused-ring (bicyclic) bond motifs is 1. The van der Waals surface area contributed by atoms with Gasteiger partial charge in [-0.25, -0.2) is 4.98 Å². The maximum atomic E-state index is 15.0. The summed E-state index contributed by atoms with van der Waals surface area (Å²) < 4.78 is 0. The molecule has 0 unspecified atom stereocenters. The number of phenols is 1. The van der Waals surface area contributed by atoms with Crippen molar-refractivity contribution >= 4 is 75.9 Å². The predicted molar refractivity (Wildman–Crippen MR) is 375 cm³/mol. The van der Waals surface area contributed by atoms with Crippen molar-refractivity contribution in [2.45, 2.75) is 223 Å². The number of imidazole rings is 1. The number of para-hydroxylation sites is 1. The van der Waals surface area contributed by atoms with Crippen molar-refractivity contribution < 1.29 is 58.2 Å². The van der Waals surface area contributed by atoms with Crippen molar-refractivity contribution in [2.75, 3.05) is 39.3 Å². The second kappa shape index (κ2) is 42.0. The summed E-state index contributed by atoms with van der Waals surface area (Å²) in [5, 5.41) is 50.0. The fraction of sp³-hybridized carbons (Fsp3) is 0.600. The van der Waals surface area contributed by atoms with Crippen molar-refractivity contribution in [3.63, 3.8) is 0 Å². The molecule has 4 aromatic rings. The number of likely N-dealkylation sites (N-methyl/N-ethyl adjacent to an activating group) is 1. The SMILES string of the molecule is CCCCCCCCCCCCNCCC[C@@H](NC(=O)[C@H](Cc1ccc(O)cc1)NC(=O)[C@H](CO)NC(=O)[C@H](Cc1c[nH]c2ccccc12)NC(=O)[C@H](Cc1cnc[nH]1)NC(=O)[C@@H]1CCC(=O)N1)C(=O)N[C@@H](CC(C)C)C(=O)N[C@@H](CCCN=C(N)N)C(=O)N1CCC[C@H]1C(=O)NCC. The minimum Gasteiger partial charge on any atom is -0.508 e. The number of nitrogens with two attached hydrogens (primary N) is 2. The van der Waals surface area contributed by atoms with Crippen LogP contribution in [0.15, 0.2) is 72.2 Å². The number of H-pyrrole nitrogens is 2. The molecule has 6 rings (SSSR count). The van der Waals surface area contributed by atoms with Crippen molar-refractivity contribution in [3.05, 3.63) is 84.1 Å². The Labute approximate surface area is 579 Å². The number of aliphatic hydroxyl groups is 1. The van der Waals surface area contributed by atoms with E-state index in [2.05, 4.69) is 80.0 Å². The van der Waals surface area contributed by atoms with E-state index < -0.39 is 108 Å². The molecule has 4 heterocycles. The highest BCUT2D eigenvalue weighted by atomic mass is 16.3. The van der Waals surface area contributed by atoms with Gasteiger partial charge in [-0.15, -0.1) is 0 Å². The van der Waals surface area contributed by atoms with Gasteiger partial charge in [0.1, 0.15) is 60.1 Å². The van der Waals surface area contributed by atoms with E-state index in [1.165, 1.54) is 86.6 Å². The molecule has 0 aliphatic carbocycles. The maximum Gasteiger partial charge on any atom is 0.245 e. The zero-order valence-corrected chi connectivity index (χ0v) is 57.9. The molecule has 544 valence electrons. The number of aromatic amines is 2. The fourth-order valence-corrected chi connectivity index (χ4v) is 12.4. The number of likely N-dealkylation sites (tertiary alicyclic amines) is 1. The summed E-state index contributed by atoms with van der Waals surface area (Å²) in [6, 6.07) is 1.62. The van der Waals surface area contributed by atoms with Gasteiger partial charge in [0.2, 0.25) is 59.1 Å². The molecular weight excluding hydrogens is 1270 g/mol. The lowest BCUT2D eigenvalue weighted by Gasteiger charge is -2.30. The first-order valence-electron chi connectivity index (χ1n) is 35.3. The summed E-state index contributed by atoms with van der Waals surface area (Å²) in [4.78, 5) is 157.